The van der Waals surface area contributed by atoms with E-state index in [0.29, 0.717) is 17.2 Å². The average molecular weight is 392 g/mol. The number of nitrogens with one attached hydrogen (secondary N) is 3. The lowest BCUT2D eigenvalue weighted by atomic mass is 10.2. The van der Waals surface area contributed by atoms with Crippen molar-refractivity contribution >= 4 is 38.6 Å². The topological polar surface area (TPSA) is 104 Å². The van der Waals surface area contributed by atoms with Crippen LogP contribution in [0.15, 0.2) is 83.8 Å². The Morgan fingerprint density at radius 2 is 1.54 bits per heavy atom. The third-order valence-electron chi connectivity index (χ3n) is 4.07. The van der Waals surface area contributed by atoms with Crippen molar-refractivity contribution in [3.05, 3.63) is 84.4 Å². The highest BCUT2D eigenvalue weighted by Gasteiger charge is 2.14. The second-order valence-corrected chi connectivity index (χ2v) is 7.73. The summed E-state index contributed by atoms with van der Waals surface area (Å²) in [5, 5.41) is 2.70. The summed E-state index contributed by atoms with van der Waals surface area (Å²) in [6.07, 6.45) is 0. The Balaban J connectivity index is 1.47. The maximum atomic E-state index is 12.4. The number of carbonyl (C=O) groups excluding carboxylic acids is 1. The zero-order valence-corrected chi connectivity index (χ0v) is 15.4. The molecule has 0 radical (unpaired) electrons. The van der Waals surface area contributed by atoms with Gasteiger partial charge in [-0.15, -0.1) is 0 Å². The van der Waals surface area contributed by atoms with Crippen molar-refractivity contribution < 1.29 is 13.2 Å². The van der Waals surface area contributed by atoms with E-state index >= 15 is 0 Å². The second kappa shape index (κ2) is 7.16. The Morgan fingerprint density at radius 1 is 0.857 bits per heavy atom. The van der Waals surface area contributed by atoms with Gasteiger partial charge in [-0.3, -0.25) is 14.8 Å². The minimum absolute atomic E-state index is 0.168. The molecule has 0 aliphatic rings. The molecule has 0 aliphatic heterocycles. The van der Waals surface area contributed by atoms with Crippen molar-refractivity contribution in [2.24, 2.45) is 0 Å². The van der Waals surface area contributed by atoms with E-state index in [9.17, 15) is 13.2 Å². The first-order chi connectivity index (χ1) is 13.5. The van der Waals surface area contributed by atoms with Gasteiger partial charge in [-0.05, 0) is 48.5 Å². The summed E-state index contributed by atoms with van der Waals surface area (Å²) in [5.41, 5.74) is 2.32. The monoisotopic (exact) mass is 392 g/mol. The van der Waals surface area contributed by atoms with Gasteiger partial charge in [-0.1, -0.05) is 30.3 Å². The first-order valence-corrected chi connectivity index (χ1v) is 9.94. The Bertz CT molecular complexity index is 1200. The molecular formula is C20H16N4O3S. The van der Waals surface area contributed by atoms with E-state index in [1.165, 1.54) is 24.3 Å². The number of carbonyl (C=O) groups is 1. The molecule has 3 aromatic carbocycles. The molecule has 1 heterocycles. The number of fused-ring (bicyclic) bond motifs is 1. The number of amides is 1. The van der Waals surface area contributed by atoms with E-state index in [1.807, 2.05) is 24.3 Å². The molecule has 4 rings (SSSR count). The highest BCUT2D eigenvalue weighted by Crippen LogP contribution is 2.18. The van der Waals surface area contributed by atoms with E-state index in [2.05, 4.69) is 20.0 Å². The molecule has 0 saturated carbocycles. The van der Waals surface area contributed by atoms with Gasteiger partial charge in [0.25, 0.3) is 15.9 Å². The number of sulfonamides is 1. The van der Waals surface area contributed by atoms with Crippen LogP contribution >= 0.6 is 0 Å². The fraction of sp³-hybridized carbons (Fsp3) is 0. The van der Waals surface area contributed by atoms with Crippen molar-refractivity contribution in [2.75, 3.05) is 10.0 Å². The molecular weight excluding hydrogens is 376 g/mol. The third-order valence-corrected chi connectivity index (χ3v) is 5.47. The molecule has 0 spiro atoms. The van der Waals surface area contributed by atoms with Crippen molar-refractivity contribution in [1.29, 1.82) is 0 Å². The van der Waals surface area contributed by atoms with Crippen LogP contribution in [0, 0.1) is 0 Å². The second-order valence-electron chi connectivity index (χ2n) is 6.05. The summed E-state index contributed by atoms with van der Waals surface area (Å²) in [6, 6.07) is 21.7. The molecule has 4 aromatic rings. The van der Waals surface area contributed by atoms with E-state index in [-0.39, 0.29) is 10.8 Å². The highest BCUT2D eigenvalue weighted by molar-refractivity contribution is 7.92. The zero-order chi connectivity index (χ0) is 19.6. The lowest BCUT2D eigenvalue weighted by Crippen LogP contribution is -2.14. The lowest BCUT2D eigenvalue weighted by Gasteiger charge is -2.08. The minimum Gasteiger partial charge on any atom is -0.324 e. The quantitative estimate of drug-likeness (QED) is 0.482. The number of aromatic amines is 1. The molecule has 1 amide bonds. The van der Waals surface area contributed by atoms with Crippen LogP contribution < -0.4 is 10.0 Å². The molecule has 0 fully saturated rings. The summed E-state index contributed by atoms with van der Waals surface area (Å²) >= 11 is 0. The van der Waals surface area contributed by atoms with E-state index in [0.717, 1.165) is 11.0 Å². The Labute approximate surface area is 161 Å². The summed E-state index contributed by atoms with van der Waals surface area (Å²) in [6.45, 7) is 0. The van der Waals surface area contributed by atoms with Crippen LogP contribution in [0.25, 0.3) is 11.0 Å². The molecule has 0 unspecified atom stereocenters. The van der Waals surface area contributed by atoms with Gasteiger partial charge in [-0.25, -0.2) is 13.4 Å². The van der Waals surface area contributed by atoms with Crippen LogP contribution in [-0.4, -0.2) is 24.3 Å². The number of aromatic nitrogens is 2. The molecule has 0 atom stereocenters. The first kappa shape index (κ1) is 17.7. The number of hydrogen-bond donors (Lipinski definition) is 3. The van der Waals surface area contributed by atoms with E-state index in [1.54, 1.807) is 30.3 Å². The van der Waals surface area contributed by atoms with Gasteiger partial charge in [0.15, 0.2) is 0 Å². The summed E-state index contributed by atoms with van der Waals surface area (Å²) < 4.78 is 27.2. The first-order valence-electron chi connectivity index (χ1n) is 8.45. The summed E-state index contributed by atoms with van der Waals surface area (Å²) in [4.78, 5) is 19.9. The number of anilines is 2. The SMILES string of the molecule is O=C(Nc1nc2ccccc2[nH]1)c1ccc(NS(=O)(=O)c2ccccc2)cc1. The maximum absolute atomic E-state index is 12.4. The predicted molar refractivity (Wildman–Crippen MR) is 108 cm³/mol. The Morgan fingerprint density at radius 3 is 2.25 bits per heavy atom. The zero-order valence-electron chi connectivity index (χ0n) is 14.6. The third kappa shape index (κ3) is 3.72. The molecule has 0 bridgehead atoms. The van der Waals surface area contributed by atoms with Crippen molar-refractivity contribution in [3.63, 3.8) is 0 Å². The molecule has 3 N–H and O–H groups in total. The lowest BCUT2D eigenvalue weighted by molar-refractivity contribution is 0.102. The molecule has 0 aliphatic carbocycles. The molecule has 1 aromatic heterocycles. The van der Waals surface area contributed by atoms with Crippen LogP contribution in [-0.2, 0) is 10.0 Å². The van der Waals surface area contributed by atoms with Crippen LogP contribution in [0.2, 0.25) is 0 Å². The highest BCUT2D eigenvalue weighted by atomic mass is 32.2. The molecule has 0 saturated heterocycles. The summed E-state index contributed by atoms with van der Waals surface area (Å²) in [5.74, 6) is -0.00317. The van der Waals surface area contributed by atoms with Gasteiger partial charge in [0, 0.05) is 11.3 Å². The van der Waals surface area contributed by atoms with Gasteiger partial charge >= 0.3 is 0 Å². The van der Waals surface area contributed by atoms with Crippen molar-refractivity contribution in [1.82, 2.24) is 9.97 Å². The standard InChI is InChI=1S/C20H16N4O3S/c25-19(23-20-21-17-8-4-5-9-18(17)22-20)14-10-12-15(13-11-14)24-28(26,27)16-6-2-1-3-7-16/h1-13,24H,(H2,21,22,23,25). The van der Waals surface area contributed by atoms with Gasteiger partial charge in [0.2, 0.25) is 5.95 Å². The number of nitrogens with zero attached hydrogens (tertiary/aromatic N) is 1. The van der Waals surface area contributed by atoms with Gasteiger partial charge < -0.3 is 4.98 Å². The Hall–Kier alpha value is -3.65. The number of benzene rings is 3. The molecule has 8 heteroatoms. The van der Waals surface area contributed by atoms with Crippen LogP contribution in [0.1, 0.15) is 10.4 Å². The van der Waals surface area contributed by atoms with Crippen molar-refractivity contribution in [2.45, 2.75) is 4.90 Å². The fourth-order valence-electron chi connectivity index (χ4n) is 2.70. The maximum Gasteiger partial charge on any atom is 0.261 e. The van der Waals surface area contributed by atoms with Gasteiger partial charge in [0.1, 0.15) is 0 Å². The van der Waals surface area contributed by atoms with Gasteiger partial charge in [0.05, 0.1) is 15.9 Å². The van der Waals surface area contributed by atoms with Crippen LogP contribution in [0.5, 0.6) is 0 Å². The van der Waals surface area contributed by atoms with Gasteiger partial charge in [-0.2, -0.15) is 0 Å². The van der Waals surface area contributed by atoms with Crippen molar-refractivity contribution in [3.8, 4) is 0 Å². The van der Waals surface area contributed by atoms with Crippen LogP contribution in [0.3, 0.4) is 0 Å². The molecule has 7 nitrogen and oxygen atoms in total. The number of H-pyrrole nitrogens is 1. The van der Waals surface area contributed by atoms with Crippen LogP contribution in [0.4, 0.5) is 11.6 Å². The fourth-order valence-corrected chi connectivity index (χ4v) is 3.77. The summed E-state index contributed by atoms with van der Waals surface area (Å²) in [7, 11) is -3.68. The normalized spacial score (nSPS) is 11.3. The predicted octanol–water partition coefficient (Wildman–Crippen LogP) is 3.62. The minimum atomic E-state index is -3.68. The number of hydrogen-bond acceptors (Lipinski definition) is 4. The van der Waals surface area contributed by atoms with E-state index < -0.39 is 10.0 Å². The largest absolute Gasteiger partial charge is 0.324 e. The Kier molecular flexibility index (Phi) is 4.54. The molecule has 28 heavy (non-hydrogen) atoms. The average Bonchev–Trinajstić information content (AvgIpc) is 3.11. The number of rotatable bonds is 5. The number of imidazole rings is 1. The van der Waals surface area contributed by atoms with E-state index in [4.69, 9.17) is 0 Å². The smallest absolute Gasteiger partial charge is 0.261 e. The number of para-hydroxylation sites is 2. The molecule has 140 valence electrons.